The van der Waals surface area contributed by atoms with Crippen molar-refractivity contribution in [3.63, 3.8) is 0 Å². The van der Waals surface area contributed by atoms with Gasteiger partial charge in [0.05, 0.1) is 6.42 Å². The number of carbonyl (C=O) groups excluding carboxylic acids is 1. The van der Waals surface area contributed by atoms with Crippen molar-refractivity contribution in [2.75, 3.05) is 18.8 Å². The van der Waals surface area contributed by atoms with Crippen molar-refractivity contribution in [3.05, 3.63) is 29.3 Å². The molecule has 0 atom stereocenters. The van der Waals surface area contributed by atoms with Crippen LogP contribution in [0, 0.1) is 13.8 Å². The summed E-state index contributed by atoms with van der Waals surface area (Å²) >= 11 is 1.66. The molecule has 21 heavy (non-hydrogen) atoms. The van der Waals surface area contributed by atoms with Gasteiger partial charge in [-0.1, -0.05) is 6.07 Å². The van der Waals surface area contributed by atoms with E-state index in [0.29, 0.717) is 25.3 Å². The van der Waals surface area contributed by atoms with Crippen LogP contribution in [0.2, 0.25) is 0 Å². The summed E-state index contributed by atoms with van der Waals surface area (Å²) in [6.07, 6.45) is 0.439. The number of amides is 1. The normalized spacial score (nSPS) is 10.4. The van der Waals surface area contributed by atoms with E-state index in [-0.39, 0.29) is 12.3 Å². The molecule has 1 amide bonds. The SMILES string of the molecule is CCN(CCC(=O)O)C(=O)CCSc1ccc(C)c(C)c1. The van der Waals surface area contributed by atoms with E-state index < -0.39 is 5.97 Å². The molecular weight excluding hydrogens is 286 g/mol. The number of thioether (sulfide) groups is 1. The van der Waals surface area contributed by atoms with E-state index in [9.17, 15) is 9.59 Å². The highest BCUT2D eigenvalue weighted by molar-refractivity contribution is 7.99. The van der Waals surface area contributed by atoms with Gasteiger partial charge in [0, 0.05) is 30.2 Å². The van der Waals surface area contributed by atoms with Crippen LogP contribution in [0.5, 0.6) is 0 Å². The van der Waals surface area contributed by atoms with Crippen molar-refractivity contribution >= 4 is 23.6 Å². The van der Waals surface area contributed by atoms with Gasteiger partial charge in [0.15, 0.2) is 0 Å². The van der Waals surface area contributed by atoms with Gasteiger partial charge in [-0.25, -0.2) is 0 Å². The summed E-state index contributed by atoms with van der Waals surface area (Å²) in [5.41, 5.74) is 2.52. The Morgan fingerprint density at radius 3 is 2.48 bits per heavy atom. The van der Waals surface area contributed by atoms with Crippen LogP contribution in [0.1, 0.15) is 30.9 Å². The third-order valence-electron chi connectivity index (χ3n) is 3.39. The van der Waals surface area contributed by atoms with Gasteiger partial charge in [0.25, 0.3) is 0 Å². The fourth-order valence-electron chi connectivity index (χ4n) is 1.91. The first-order valence-electron chi connectivity index (χ1n) is 7.13. The zero-order chi connectivity index (χ0) is 15.8. The van der Waals surface area contributed by atoms with Crippen molar-refractivity contribution in [3.8, 4) is 0 Å². The van der Waals surface area contributed by atoms with Gasteiger partial charge in [-0.3, -0.25) is 9.59 Å². The molecular formula is C16H23NO3S. The number of carboxylic acids is 1. The van der Waals surface area contributed by atoms with Crippen LogP contribution in [-0.2, 0) is 9.59 Å². The summed E-state index contributed by atoms with van der Waals surface area (Å²) in [5, 5.41) is 8.67. The minimum absolute atomic E-state index is 0.00385. The maximum absolute atomic E-state index is 12.0. The van der Waals surface area contributed by atoms with E-state index in [1.807, 2.05) is 6.92 Å². The monoisotopic (exact) mass is 309 g/mol. The highest BCUT2D eigenvalue weighted by Gasteiger charge is 2.12. The molecule has 0 aromatic heterocycles. The molecule has 1 aromatic carbocycles. The molecule has 0 aliphatic heterocycles. The van der Waals surface area contributed by atoms with Gasteiger partial charge < -0.3 is 10.0 Å². The van der Waals surface area contributed by atoms with Crippen LogP contribution in [0.4, 0.5) is 0 Å². The first-order valence-corrected chi connectivity index (χ1v) is 8.12. The van der Waals surface area contributed by atoms with Gasteiger partial charge >= 0.3 is 5.97 Å². The lowest BCUT2D eigenvalue weighted by Crippen LogP contribution is -2.33. The van der Waals surface area contributed by atoms with E-state index in [0.717, 1.165) is 0 Å². The smallest absolute Gasteiger partial charge is 0.305 e. The van der Waals surface area contributed by atoms with E-state index in [4.69, 9.17) is 5.11 Å². The minimum Gasteiger partial charge on any atom is -0.481 e. The Hall–Kier alpha value is -1.49. The fraction of sp³-hybridized carbons (Fsp3) is 0.500. The average Bonchev–Trinajstić information content (AvgIpc) is 2.43. The molecule has 1 aromatic rings. The molecule has 1 N–H and O–H groups in total. The zero-order valence-corrected chi connectivity index (χ0v) is 13.7. The van der Waals surface area contributed by atoms with E-state index in [1.54, 1.807) is 16.7 Å². The van der Waals surface area contributed by atoms with Gasteiger partial charge in [-0.15, -0.1) is 11.8 Å². The minimum atomic E-state index is -0.870. The molecule has 0 bridgehead atoms. The molecule has 5 heteroatoms. The van der Waals surface area contributed by atoms with Gasteiger partial charge in [0.1, 0.15) is 0 Å². The van der Waals surface area contributed by atoms with Crippen LogP contribution in [-0.4, -0.2) is 40.7 Å². The quantitative estimate of drug-likeness (QED) is 0.750. The Labute approximate surface area is 130 Å². The topological polar surface area (TPSA) is 57.6 Å². The lowest BCUT2D eigenvalue weighted by atomic mass is 10.1. The third kappa shape index (κ3) is 6.21. The Kier molecular flexibility index (Phi) is 7.29. The van der Waals surface area contributed by atoms with Crippen molar-refractivity contribution in [1.82, 2.24) is 4.90 Å². The largest absolute Gasteiger partial charge is 0.481 e. The number of carbonyl (C=O) groups is 2. The van der Waals surface area contributed by atoms with Gasteiger partial charge in [0.2, 0.25) is 5.91 Å². The van der Waals surface area contributed by atoms with Crippen LogP contribution in [0.15, 0.2) is 23.1 Å². The summed E-state index contributed by atoms with van der Waals surface area (Å²) in [6, 6.07) is 6.29. The number of aliphatic carboxylic acids is 1. The number of nitrogens with zero attached hydrogens (tertiary/aromatic N) is 1. The van der Waals surface area contributed by atoms with Crippen LogP contribution >= 0.6 is 11.8 Å². The average molecular weight is 309 g/mol. The second-order valence-corrected chi connectivity index (χ2v) is 6.13. The molecule has 0 heterocycles. The number of rotatable bonds is 8. The van der Waals surface area contributed by atoms with Crippen molar-refractivity contribution in [2.24, 2.45) is 0 Å². The van der Waals surface area contributed by atoms with Crippen LogP contribution in [0.25, 0.3) is 0 Å². The second kappa shape index (κ2) is 8.72. The number of hydrogen-bond donors (Lipinski definition) is 1. The molecule has 0 aliphatic rings. The molecule has 0 saturated carbocycles. The molecule has 0 fully saturated rings. The Bertz CT molecular complexity index is 502. The number of hydrogen-bond acceptors (Lipinski definition) is 3. The second-order valence-electron chi connectivity index (χ2n) is 4.96. The highest BCUT2D eigenvalue weighted by atomic mass is 32.2. The molecule has 116 valence electrons. The number of carboxylic acid groups (broad SMARTS) is 1. The van der Waals surface area contributed by atoms with Crippen molar-refractivity contribution < 1.29 is 14.7 Å². The van der Waals surface area contributed by atoms with Gasteiger partial charge in [-0.2, -0.15) is 0 Å². The summed E-state index contributed by atoms with van der Waals surface area (Å²) in [5.74, 6) is -0.133. The zero-order valence-electron chi connectivity index (χ0n) is 12.9. The molecule has 0 aliphatic carbocycles. The Morgan fingerprint density at radius 1 is 1.19 bits per heavy atom. The fourth-order valence-corrected chi connectivity index (χ4v) is 2.84. The molecule has 0 spiro atoms. The van der Waals surface area contributed by atoms with Crippen LogP contribution in [0.3, 0.4) is 0 Å². The van der Waals surface area contributed by atoms with Crippen molar-refractivity contribution in [1.29, 1.82) is 0 Å². The van der Waals surface area contributed by atoms with Crippen LogP contribution < -0.4 is 0 Å². The Morgan fingerprint density at radius 2 is 1.90 bits per heavy atom. The first-order chi connectivity index (χ1) is 9.93. The lowest BCUT2D eigenvalue weighted by Gasteiger charge is -2.19. The first kappa shape index (κ1) is 17.6. The standard InChI is InChI=1S/C16H23NO3S/c1-4-17(9-7-16(19)20)15(18)8-10-21-14-6-5-12(2)13(3)11-14/h5-6,11H,4,7-10H2,1-3H3,(H,19,20). The summed E-state index contributed by atoms with van der Waals surface area (Å²) < 4.78 is 0. The Balaban J connectivity index is 2.40. The molecule has 0 saturated heterocycles. The third-order valence-corrected chi connectivity index (χ3v) is 4.39. The molecule has 1 rings (SSSR count). The molecule has 4 nitrogen and oxygen atoms in total. The van der Waals surface area contributed by atoms with E-state index in [2.05, 4.69) is 32.0 Å². The summed E-state index contributed by atoms with van der Waals surface area (Å²) in [4.78, 5) is 25.3. The summed E-state index contributed by atoms with van der Waals surface area (Å²) in [6.45, 7) is 6.87. The molecule has 0 radical (unpaired) electrons. The molecule has 0 unspecified atom stereocenters. The summed E-state index contributed by atoms with van der Waals surface area (Å²) in [7, 11) is 0. The maximum Gasteiger partial charge on any atom is 0.305 e. The predicted octanol–water partition coefficient (Wildman–Crippen LogP) is 3.11. The number of benzene rings is 1. The highest BCUT2D eigenvalue weighted by Crippen LogP contribution is 2.21. The van der Waals surface area contributed by atoms with E-state index >= 15 is 0 Å². The van der Waals surface area contributed by atoms with E-state index in [1.165, 1.54) is 16.0 Å². The van der Waals surface area contributed by atoms with Gasteiger partial charge in [-0.05, 0) is 44.0 Å². The predicted molar refractivity (Wildman–Crippen MR) is 85.8 cm³/mol. The lowest BCUT2D eigenvalue weighted by molar-refractivity contribution is -0.138. The van der Waals surface area contributed by atoms with Crippen molar-refractivity contribution in [2.45, 2.75) is 38.5 Å². The maximum atomic E-state index is 12.0. The number of aryl methyl sites for hydroxylation is 2.